The standard InChI is InChI=1S/C12H16N4O/c17-11-2-1-5-16-9-10(14-12(11)16)8-15-6-3-13-4-7-15/h1-2,5,9,13,17H,3-4,6-8H2. The van der Waals surface area contributed by atoms with Crippen LogP contribution >= 0.6 is 0 Å². The van der Waals surface area contributed by atoms with E-state index in [1.165, 1.54) is 0 Å². The van der Waals surface area contributed by atoms with E-state index in [9.17, 15) is 5.11 Å². The molecule has 0 atom stereocenters. The van der Waals surface area contributed by atoms with Gasteiger partial charge in [-0.05, 0) is 12.1 Å². The summed E-state index contributed by atoms with van der Waals surface area (Å²) in [6, 6.07) is 3.48. The third kappa shape index (κ3) is 2.11. The first-order valence-electron chi connectivity index (χ1n) is 5.91. The van der Waals surface area contributed by atoms with E-state index in [2.05, 4.69) is 15.2 Å². The summed E-state index contributed by atoms with van der Waals surface area (Å²) in [6.07, 6.45) is 3.89. The molecular formula is C12H16N4O. The molecular weight excluding hydrogens is 216 g/mol. The zero-order valence-corrected chi connectivity index (χ0v) is 9.63. The average Bonchev–Trinajstić information content (AvgIpc) is 2.74. The molecule has 0 aromatic carbocycles. The van der Waals surface area contributed by atoms with Gasteiger partial charge in [0.05, 0.1) is 5.69 Å². The fraction of sp³-hybridized carbons (Fsp3) is 0.417. The Kier molecular flexibility index (Phi) is 2.70. The summed E-state index contributed by atoms with van der Waals surface area (Å²) < 4.78 is 1.87. The minimum Gasteiger partial charge on any atom is -0.504 e. The normalized spacial score (nSPS) is 17.6. The van der Waals surface area contributed by atoms with Gasteiger partial charge in [0.1, 0.15) is 0 Å². The van der Waals surface area contributed by atoms with Crippen LogP contribution in [0.4, 0.5) is 0 Å². The summed E-state index contributed by atoms with van der Waals surface area (Å²) in [4.78, 5) is 6.83. The topological polar surface area (TPSA) is 52.8 Å². The molecule has 0 bridgehead atoms. The Labute approximate surface area is 99.7 Å². The molecule has 0 spiro atoms. The van der Waals surface area contributed by atoms with Gasteiger partial charge in [0, 0.05) is 45.1 Å². The molecule has 90 valence electrons. The molecule has 1 saturated heterocycles. The molecule has 2 aromatic rings. The second-order valence-corrected chi connectivity index (χ2v) is 4.38. The van der Waals surface area contributed by atoms with Crippen LogP contribution in [0.5, 0.6) is 5.75 Å². The number of nitrogens with zero attached hydrogens (tertiary/aromatic N) is 3. The van der Waals surface area contributed by atoms with Crippen LogP contribution in [-0.4, -0.2) is 45.6 Å². The molecule has 0 aliphatic carbocycles. The smallest absolute Gasteiger partial charge is 0.179 e. The van der Waals surface area contributed by atoms with E-state index in [1.54, 1.807) is 6.07 Å². The first kappa shape index (κ1) is 10.6. The van der Waals surface area contributed by atoms with Crippen molar-refractivity contribution in [3.05, 3.63) is 30.2 Å². The van der Waals surface area contributed by atoms with Gasteiger partial charge in [0.2, 0.25) is 0 Å². The van der Waals surface area contributed by atoms with Crippen molar-refractivity contribution in [1.82, 2.24) is 19.6 Å². The Bertz CT molecular complexity index is 516. The molecule has 5 nitrogen and oxygen atoms in total. The summed E-state index contributed by atoms with van der Waals surface area (Å²) in [6.45, 7) is 5.04. The van der Waals surface area contributed by atoms with Gasteiger partial charge in [-0.2, -0.15) is 0 Å². The Morgan fingerprint density at radius 3 is 2.94 bits per heavy atom. The van der Waals surface area contributed by atoms with Crippen molar-refractivity contribution in [3.8, 4) is 5.75 Å². The number of pyridine rings is 1. The maximum absolute atomic E-state index is 9.68. The van der Waals surface area contributed by atoms with Gasteiger partial charge >= 0.3 is 0 Å². The van der Waals surface area contributed by atoms with Crippen molar-refractivity contribution in [2.24, 2.45) is 0 Å². The van der Waals surface area contributed by atoms with E-state index in [-0.39, 0.29) is 5.75 Å². The lowest BCUT2D eigenvalue weighted by Crippen LogP contribution is -2.42. The number of aromatic hydroxyl groups is 1. The fourth-order valence-corrected chi connectivity index (χ4v) is 2.22. The quantitative estimate of drug-likeness (QED) is 0.789. The van der Waals surface area contributed by atoms with E-state index >= 15 is 0 Å². The largest absolute Gasteiger partial charge is 0.504 e. The van der Waals surface area contributed by atoms with Gasteiger partial charge in [0.25, 0.3) is 0 Å². The lowest BCUT2D eigenvalue weighted by atomic mass is 10.3. The molecule has 3 heterocycles. The molecule has 3 rings (SSSR count). The van der Waals surface area contributed by atoms with Crippen LogP contribution in [0.3, 0.4) is 0 Å². The predicted octanol–water partition coefficient (Wildman–Crippen LogP) is 0.445. The van der Waals surface area contributed by atoms with Gasteiger partial charge in [-0.25, -0.2) is 4.98 Å². The number of hydrogen-bond acceptors (Lipinski definition) is 4. The van der Waals surface area contributed by atoms with Crippen molar-refractivity contribution in [1.29, 1.82) is 0 Å². The van der Waals surface area contributed by atoms with Crippen molar-refractivity contribution in [3.63, 3.8) is 0 Å². The van der Waals surface area contributed by atoms with Crippen molar-refractivity contribution in [2.75, 3.05) is 26.2 Å². The highest BCUT2D eigenvalue weighted by atomic mass is 16.3. The summed E-state index contributed by atoms with van der Waals surface area (Å²) in [7, 11) is 0. The van der Waals surface area contributed by atoms with Crippen LogP contribution in [0.25, 0.3) is 5.65 Å². The lowest BCUT2D eigenvalue weighted by molar-refractivity contribution is 0.231. The number of piperazine rings is 1. The van der Waals surface area contributed by atoms with Crippen LogP contribution in [0.1, 0.15) is 5.69 Å². The van der Waals surface area contributed by atoms with Crippen LogP contribution in [-0.2, 0) is 6.54 Å². The molecule has 1 aliphatic rings. The highest BCUT2D eigenvalue weighted by Crippen LogP contribution is 2.17. The molecule has 0 radical (unpaired) electrons. The molecule has 0 amide bonds. The van der Waals surface area contributed by atoms with Crippen LogP contribution in [0, 0.1) is 0 Å². The monoisotopic (exact) mass is 232 g/mol. The van der Waals surface area contributed by atoms with E-state index < -0.39 is 0 Å². The van der Waals surface area contributed by atoms with Gasteiger partial charge in [-0.15, -0.1) is 0 Å². The number of fused-ring (bicyclic) bond motifs is 1. The van der Waals surface area contributed by atoms with Gasteiger partial charge in [0.15, 0.2) is 11.4 Å². The molecule has 2 N–H and O–H groups in total. The van der Waals surface area contributed by atoms with Gasteiger partial charge < -0.3 is 14.8 Å². The zero-order valence-electron chi connectivity index (χ0n) is 9.63. The minimum absolute atomic E-state index is 0.235. The number of rotatable bonds is 2. The summed E-state index contributed by atoms with van der Waals surface area (Å²) in [5.74, 6) is 0.235. The first-order valence-corrected chi connectivity index (χ1v) is 5.91. The average molecular weight is 232 g/mol. The number of nitrogens with one attached hydrogen (secondary N) is 1. The molecule has 0 unspecified atom stereocenters. The summed E-state index contributed by atoms with van der Waals surface area (Å²) in [5, 5.41) is 13.0. The van der Waals surface area contributed by atoms with E-state index in [4.69, 9.17) is 0 Å². The lowest BCUT2D eigenvalue weighted by Gasteiger charge is -2.26. The number of hydrogen-bond donors (Lipinski definition) is 2. The minimum atomic E-state index is 0.235. The molecule has 1 aliphatic heterocycles. The van der Waals surface area contributed by atoms with Crippen LogP contribution in [0.15, 0.2) is 24.5 Å². The molecule has 1 fully saturated rings. The van der Waals surface area contributed by atoms with Crippen molar-refractivity contribution in [2.45, 2.75) is 6.54 Å². The Morgan fingerprint density at radius 2 is 2.18 bits per heavy atom. The Balaban J connectivity index is 1.83. The highest BCUT2D eigenvalue weighted by molar-refractivity contribution is 5.53. The van der Waals surface area contributed by atoms with Crippen molar-refractivity contribution < 1.29 is 5.11 Å². The summed E-state index contributed by atoms with van der Waals surface area (Å²) >= 11 is 0. The second-order valence-electron chi connectivity index (χ2n) is 4.38. The Hall–Kier alpha value is -1.59. The van der Waals surface area contributed by atoms with Gasteiger partial charge in [-0.1, -0.05) is 0 Å². The maximum Gasteiger partial charge on any atom is 0.179 e. The number of imidazole rings is 1. The molecule has 17 heavy (non-hydrogen) atoms. The fourth-order valence-electron chi connectivity index (χ4n) is 2.22. The van der Waals surface area contributed by atoms with E-state index in [0.29, 0.717) is 5.65 Å². The molecule has 5 heteroatoms. The van der Waals surface area contributed by atoms with E-state index in [0.717, 1.165) is 38.4 Å². The first-order chi connectivity index (χ1) is 8.33. The van der Waals surface area contributed by atoms with Crippen LogP contribution < -0.4 is 5.32 Å². The third-order valence-corrected chi connectivity index (χ3v) is 3.11. The van der Waals surface area contributed by atoms with Crippen LogP contribution in [0.2, 0.25) is 0 Å². The summed E-state index contributed by atoms with van der Waals surface area (Å²) in [5.41, 5.74) is 1.64. The third-order valence-electron chi connectivity index (χ3n) is 3.11. The Morgan fingerprint density at radius 1 is 1.35 bits per heavy atom. The SMILES string of the molecule is Oc1cccn2cc(CN3CCNCC3)nc12. The van der Waals surface area contributed by atoms with E-state index in [1.807, 2.05) is 22.9 Å². The number of aromatic nitrogens is 2. The van der Waals surface area contributed by atoms with Gasteiger partial charge in [-0.3, -0.25) is 4.90 Å². The maximum atomic E-state index is 9.68. The predicted molar refractivity (Wildman–Crippen MR) is 65.0 cm³/mol. The zero-order chi connectivity index (χ0) is 11.7. The molecule has 0 saturated carbocycles. The molecule has 2 aromatic heterocycles. The van der Waals surface area contributed by atoms with Crippen molar-refractivity contribution >= 4 is 5.65 Å². The highest BCUT2D eigenvalue weighted by Gasteiger charge is 2.12. The second kappa shape index (κ2) is 4.35.